The highest BCUT2D eigenvalue weighted by Crippen LogP contribution is 2.40. The Hall–Kier alpha value is -6.44. The number of phenolic OH excluding ortho intramolecular Hbond substituents is 1. The topological polar surface area (TPSA) is 143 Å². The van der Waals surface area contributed by atoms with Gasteiger partial charge in [-0.05, 0) is 102 Å². The van der Waals surface area contributed by atoms with E-state index in [1.807, 2.05) is 0 Å². The van der Waals surface area contributed by atoms with Gasteiger partial charge in [0.25, 0.3) is 11.8 Å². The van der Waals surface area contributed by atoms with E-state index in [9.17, 15) is 42.4 Å². The van der Waals surface area contributed by atoms with Gasteiger partial charge in [-0.3, -0.25) is 19.7 Å². The zero-order valence-corrected chi connectivity index (χ0v) is 28.3. The van der Waals surface area contributed by atoms with Gasteiger partial charge in [0, 0.05) is 18.0 Å². The number of benzene rings is 5. The van der Waals surface area contributed by atoms with E-state index in [-0.39, 0.29) is 47.7 Å². The number of methoxy groups -OCH3 is 1. The molecule has 1 atom stereocenters. The number of aryl methyl sites for hydroxylation is 1. The number of ether oxygens (including phenoxy) is 1. The van der Waals surface area contributed by atoms with Crippen molar-refractivity contribution >= 4 is 34.6 Å². The number of hydrogen-bond donors (Lipinski definition) is 4. The van der Waals surface area contributed by atoms with Crippen LogP contribution in [0.25, 0.3) is 11.1 Å². The van der Waals surface area contributed by atoms with Crippen LogP contribution in [-0.4, -0.2) is 35.5 Å². The number of rotatable bonds is 10. The van der Waals surface area contributed by atoms with Crippen molar-refractivity contribution in [2.75, 3.05) is 24.3 Å². The number of nitrogens with one attached hydrogen (secondary N) is 3. The number of anilines is 3. The van der Waals surface area contributed by atoms with Gasteiger partial charge in [0.1, 0.15) is 11.6 Å². The van der Waals surface area contributed by atoms with Gasteiger partial charge in [-0.25, -0.2) is 4.39 Å². The summed E-state index contributed by atoms with van der Waals surface area (Å²) in [6.45, 7) is 1.75. The molecule has 2 amide bonds. The molecule has 1 aliphatic heterocycles. The van der Waals surface area contributed by atoms with Crippen molar-refractivity contribution in [1.29, 1.82) is 0 Å². The minimum absolute atomic E-state index is 0.00708. The lowest BCUT2D eigenvalue weighted by Crippen LogP contribution is -2.39. The molecule has 1 aliphatic rings. The van der Waals surface area contributed by atoms with Crippen LogP contribution in [0.2, 0.25) is 0 Å². The van der Waals surface area contributed by atoms with Crippen molar-refractivity contribution in [3.05, 3.63) is 141 Å². The third-order valence-electron chi connectivity index (χ3n) is 9.25. The Bertz CT molecular complexity index is 2260. The Labute approximate surface area is 300 Å². The highest BCUT2D eigenvalue weighted by molar-refractivity contribution is 6.12. The monoisotopic (exact) mass is 728 g/mol. The molecule has 4 N–H and O–H groups in total. The first-order valence-corrected chi connectivity index (χ1v) is 16.3. The van der Waals surface area contributed by atoms with Crippen molar-refractivity contribution in [3.8, 4) is 22.6 Å². The van der Waals surface area contributed by atoms with Gasteiger partial charge in [0.15, 0.2) is 5.75 Å². The second-order valence-corrected chi connectivity index (χ2v) is 12.8. The number of carbonyl (C=O) groups is 2. The third-order valence-corrected chi connectivity index (χ3v) is 9.25. The van der Waals surface area contributed by atoms with Gasteiger partial charge in [-0.15, -0.1) is 0 Å². The van der Waals surface area contributed by atoms with E-state index in [4.69, 9.17) is 4.74 Å². The Kier molecular flexibility index (Phi) is 9.80. The minimum atomic E-state index is -4.75. The number of amides is 2. The van der Waals surface area contributed by atoms with Crippen LogP contribution in [0, 0.1) is 15.9 Å². The molecule has 14 heteroatoms. The third kappa shape index (κ3) is 7.76. The van der Waals surface area contributed by atoms with E-state index in [1.165, 1.54) is 31.4 Å². The first-order chi connectivity index (χ1) is 25.1. The van der Waals surface area contributed by atoms with Crippen molar-refractivity contribution in [3.63, 3.8) is 0 Å². The highest BCUT2D eigenvalue weighted by Gasteiger charge is 2.33. The van der Waals surface area contributed by atoms with E-state index >= 15 is 0 Å². The molecule has 0 bridgehead atoms. The summed E-state index contributed by atoms with van der Waals surface area (Å²) in [5.41, 5.74) is 1.36. The zero-order valence-electron chi connectivity index (χ0n) is 28.3. The smallest absolute Gasteiger partial charge is 0.416 e. The van der Waals surface area contributed by atoms with Crippen molar-refractivity contribution in [2.24, 2.45) is 0 Å². The van der Waals surface area contributed by atoms with E-state index < -0.39 is 39.7 Å². The predicted octanol–water partition coefficient (Wildman–Crippen LogP) is 8.76. The standard InChI is InChI=1S/C39H32F4N4O6/c1-38(21-44-36(49)29-5-3-4-6-34(29)48,14-13-22-15-26(39(41,42)43)19-27(40)16-22)25-9-11-30-32(20-25)46-37(50)28-10-7-23(17-31(28)45-30)24-8-12-33(47(51)52)35(18-24)53-2/h3-12,15-20,45,48H,13-14,21H2,1-2H3,(H,44,49)(H,46,50). The predicted molar refractivity (Wildman–Crippen MR) is 190 cm³/mol. The molecule has 53 heavy (non-hydrogen) atoms. The largest absolute Gasteiger partial charge is 0.507 e. The lowest BCUT2D eigenvalue weighted by Gasteiger charge is -2.32. The number of halogens is 4. The van der Waals surface area contributed by atoms with Crippen LogP contribution in [0.1, 0.15) is 50.8 Å². The molecule has 0 aliphatic carbocycles. The number of fused-ring (bicyclic) bond motifs is 2. The number of nitrogens with zero attached hydrogens (tertiary/aromatic N) is 1. The van der Waals surface area contributed by atoms with E-state index in [0.717, 1.165) is 12.1 Å². The second kappa shape index (κ2) is 14.3. The maximum atomic E-state index is 14.3. The maximum Gasteiger partial charge on any atom is 0.416 e. The average Bonchev–Trinajstić information content (AvgIpc) is 3.26. The highest BCUT2D eigenvalue weighted by atomic mass is 19.4. The summed E-state index contributed by atoms with van der Waals surface area (Å²) in [4.78, 5) is 37.5. The van der Waals surface area contributed by atoms with Crippen LogP contribution in [0.15, 0.2) is 97.1 Å². The lowest BCUT2D eigenvalue weighted by atomic mass is 9.77. The van der Waals surface area contributed by atoms with E-state index in [0.29, 0.717) is 45.4 Å². The first kappa shape index (κ1) is 36.4. The van der Waals surface area contributed by atoms with Gasteiger partial charge in [0.2, 0.25) is 0 Å². The van der Waals surface area contributed by atoms with Crippen LogP contribution in [0.4, 0.5) is 40.3 Å². The van der Waals surface area contributed by atoms with E-state index in [1.54, 1.807) is 61.5 Å². The van der Waals surface area contributed by atoms with Crippen molar-refractivity contribution in [1.82, 2.24) is 5.32 Å². The Morgan fingerprint density at radius 2 is 1.62 bits per heavy atom. The fourth-order valence-electron chi connectivity index (χ4n) is 6.25. The first-order valence-electron chi connectivity index (χ1n) is 16.3. The average molecular weight is 729 g/mol. The molecule has 6 rings (SSSR count). The van der Waals surface area contributed by atoms with Gasteiger partial charge < -0.3 is 25.8 Å². The summed E-state index contributed by atoms with van der Waals surface area (Å²) in [7, 11) is 1.33. The quantitative estimate of drug-likeness (QED) is 0.0640. The number of nitro benzene ring substituents is 1. The number of hydrogen-bond acceptors (Lipinski definition) is 7. The fourth-order valence-corrected chi connectivity index (χ4v) is 6.25. The van der Waals surface area contributed by atoms with E-state index in [2.05, 4.69) is 16.0 Å². The Morgan fingerprint density at radius 3 is 2.34 bits per heavy atom. The molecule has 10 nitrogen and oxygen atoms in total. The van der Waals surface area contributed by atoms with Crippen LogP contribution < -0.4 is 20.7 Å². The fraction of sp³-hybridized carbons (Fsp3) is 0.179. The normalized spacial score (nSPS) is 13.4. The van der Waals surface area contributed by atoms with Gasteiger partial charge in [-0.2, -0.15) is 13.2 Å². The molecular weight excluding hydrogens is 696 g/mol. The summed E-state index contributed by atoms with van der Waals surface area (Å²) in [6.07, 6.45) is -4.59. The number of phenols is 1. The number of nitro groups is 1. The van der Waals surface area contributed by atoms with Gasteiger partial charge >= 0.3 is 11.9 Å². The van der Waals surface area contributed by atoms with Crippen molar-refractivity contribution < 1.29 is 41.9 Å². The van der Waals surface area contributed by atoms with Crippen LogP contribution in [0.3, 0.4) is 0 Å². The molecule has 0 fully saturated rings. The summed E-state index contributed by atoms with van der Waals surface area (Å²) < 4.78 is 60.0. The SMILES string of the molecule is COc1cc(-c2ccc3c(c2)Nc2ccc(C(C)(CCc4cc(F)cc(C(F)(F)F)c4)CNC(=O)c4ccccc4O)cc2NC3=O)ccc1[N+](=O)[O-]. The molecule has 0 saturated heterocycles. The summed E-state index contributed by atoms with van der Waals surface area (Å²) in [5.74, 6) is -2.21. The number of carbonyl (C=O) groups excluding carboxylic acids is 2. The van der Waals surface area contributed by atoms with Crippen molar-refractivity contribution in [2.45, 2.75) is 31.4 Å². The molecule has 0 saturated carbocycles. The lowest BCUT2D eigenvalue weighted by molar-refractivity contribution is -0.385. The molecule has 5 aromatic carbocycles. The molecule has 272 valence electrons. The maximum absolute atomic E-state index is 14.3. The number of aromatic hydroxyl groups is 1. The molecule has 1 unspecified atom stereocenters. The summed E-state index contributed by atoms with van der Waals surface area (Å²) in [5, 5.41) is 30.6. The summed E-state index contributed by atoms with van der Waals surface area (Å²) in [6, 6.07) is 23.0. The molecule has 0 spiro atoms. The molecule has 5 aromatic rings. The van der Waals surface area contributed by atoms with Gasteiger partial charge in [0.05, 0.1) is 45.8 Å². The van der Waals surface area contributed by atoms with Crippen LogP contribution in [-0.2, 0) is 18.0 Å². The minimum Gasteiger partial charge on any atom is -0.507 e. The molecule has 1 heterocycles. The summed E-state index contributed by atoms with van der Waals surface area (Å²) >= 11 is 0. The van der Waals surface area contributed by atoms with Gasteiger partial charge in [-0.1, -0.05) is 31.2 Å². The number of para-hydroxylation sites is 1. The second-order valence-electron chi connectivity index (χ2n) is 12.8. The number of alkyl halides is 3. The molecular formula is C39H32F4N4O6. The van der Waals surface area contributed by atoms with Crippen LogP contribution in [0.5, 0.6) is 11.5 Å². The zero-order chi connectivity index (χ0) is 38.1. The molecule has 0 aromatic heterocycles. The Morgan fingerprint density at radius 1 is 0.887 bits per heavy atom. The molecule has 0 radical (unpaired) electrons. The Balaban J connectivity index is 1.32. The van der Waals surface area contributed by atoms with Crippen LogP contribution >= 0.6 is 0 Å².